The second-order valence-electron chi connectivity index (χ2n) is 3.04. The number of aliphatic carboxylic acids is 1. The molecule has 0 saturated heterocycles. The van der Waals surface area contributed by atoms with Gasteiger partial charge in [-0.15, -0.1) is 0 Å². The van der Waals surface area contributed by atoms with Crippen molar-refractivity contribution in [2.45, 2.75) is 19.4 Å². The van der Waals surface area contributed by atoms with Gasteiger partial charge < -0.3 is 20.5 Å². The number of methoxy groups -OCH3 is 1. The Morgan fingerprint density at radius 3 is 2.60 bits per heavy atom. The van der Waals surface area contributed by atoms with Crippen molar-refractivity contribution >= 4 is 11.9 Å². The highest BCUT2D eigenvalue weighted by Crippen LogP contribution is 1.89. The number of hydrogen-bond acceptors (Lipinski definition) is 4. The molecule has 0 saturated carbocycles. The van der Waals surface area contributed by atoms with Crippen molar-refractivity contribution in [2.75, 3.05) is 26.8 Å². The monoisotopic (exact) mass is 218 g/mol. The van der Waals surface area contributed by atoms with Crippen molar-refractivity contribution in [3.05, 3.63) is 0 Å². The van der Waals surface area contributed by atoms with Gasteiger partial charge in [-0.2, -0.15) is 0 Å². The van der Waals surface area contributed by atoms with Crippen molar-refractivity contribution in [2.24, 2.45) is 0 Å². The molecule has 0 aromatic carbocycles. The summed E-state index contributed by atoms with van der Waals surface area (Å²) in [6, 6.07) is -0.804. The van der Waals surface area contributed by atoms with Crippen LogP contribution in [0.3, 0.4) is 0 Å². The summed E-state index contributed by atoms with van der Waals surface area (Å²) in [5.74, 6) is -1.33. The Kier molecular flexibility index (Phi) is 7.57. The molecule has 0 aliphatic carbocycles. The number of carbonyl (C=O) groups is 2. The van der Waals surface area contributed by atoms with E-state index in [0.717, 1.165) is 0 Å². The van der Waals surface area contributed by atoms with Gasteiger partial charge in [-0.05, 0) is 6.42 Å². The van der Waals surface area contributed by atoms with Crippen molar-refractivity contribution in [3.8, 4) is 0 Å². The first-order valence-corrected chi connectivity index (χ1v) is 4.83. The second-order valence-corrected chi connectivity index (χ2v) is 3.04. The average molecular weight is 218 g/mol. The summed E-state index contributed by atoms with van der Waals surface area (Å²) in [6.45, 7) is 2.89. The Bertz CT molecular complexity index is 208. The molecule has 0 spiro atoms. The normalized spacial score (nSPS) is 12.1. The van der Waals surface area contributed by atoms with E-state index in [-0.39, 0.29) is 12.5 Å². The van der Waals surface area contributed by atoms with Crippen molar-refractivity contribution < 1.29 is 19.4 Å². The molecule has 0 rings (SSSR count). The summed E-state index contributed by atoms with van der Waals surface area (Å²) in [6.07, 6.45) is 0.374. The molecule has 15 heavy (non-hydrogen) atoms. The molecule has 0 aromatic heterocycles. The lowest BCUT2D eigenvalue weighted by Gasteiger charge is -2.12. The summed E-state index contributed by atoms with van der Waals surface area (Å²) >= 11 is 0. The Morgan fingerprint density at radius 1 is 1.47 bits per heavy atom. The zero-order valence-corrected chi connectivity index (χ0v) is 9.08. The zero-order chi connectivity index (χ0) is 11.7. The first-order valence-electron chi connectivity index (χ1n) is 4.83. The van der Waals surface area contributed by atoms with Crippen LogP contribution in [-0.4, -0.2) is 49.8 Å². The van der Waals surface area contributed by atoms with E-state index >= 15 is 0 Å². The average Bonchev–Trinajstić information content (AvgIpc) is 2.20. The van der Waals surface area contributed by atoms with E-state index in [1.54, 1.807) is 14.0 Å². The van der Waals surface area contributed by atoms with E-state index in [1.165, 1.54) is 0 Å². The Hall–Kier alpha value is -1.14. The molecule has 0 unspecified atom stereocenters. The van der Waals surface area contributed by atoms with Gasteiger partial charge in [0, 0.05) is 13.7 Å². The van der Waals surface area contributed by atoms with Crippen LogP contribution >= 0.6 is 0 Å². The molecule has 0 radical (unpaired) electrons. The third-order valence-corrected chi connectivity index (χ3v) is 1.81. The maximum absolute atomic E-state index is 11.2. The molecule has 0 bridgehead atoms. The van der Waals surface area contributed by atoms with Crippen LogP contribution in [0, 0.1) is 0 Å². The largest absolute Gasteiger partial charge is 0.480 e. The minimum absolute atomic E-state index is 0.104. The number of hydrogen-bond donors (Lipinski definition) is 3. The van der Waals surface area contributed by atoms with Crippen LogP contribution in [-0.2, 0) is 14.3 Å². The zero-order valence-electron chi connectivity index (χ0n) is 9.08. The Morgan fingerprint density at radius 2 is 2.13 bits per heavy atom. The van der Waals surface area contributed by atoms with Gasteiger partial charge in [-0.1, -0.05) is 6.92 Å². The van der Waals surface area contributed by atoms with Gasteiger partial charge in [-0.25, -0.2) is 4.79 Å². The number of carboxylic acid groups (broad SMARTS) is 1. The fourth-order valence-corrected chi connectivity index (χ4v) is 0.960. The number of amides is 1. The molecular formula is C9H18N2O4. The lowest BCUT2D eigenvalue weighted by molar-refractivity contribution is -0.141. The molecule has 6 heteroatoms. The predicted octanol–water partition coefficient (Wildman–Crippen LogP) is -0.798. The van der Waals surface area contributed by atoms with Crippen LogP contribution in [0.5, 0.6) is 0 Å². The van der Waals surface area contributed by atoms with Gasteiger partial charge in [0.25, 0.3) is 0 Å². The SMILES string of the molecule is CC[C@@H](NC(=O)CNCCOC)C(=O)O. The number of rotatable bonds is 8. The maximum atomic E-state index is 11.2. The number of carbonyl (C=O) groups excluding carboxylic acids is 1. The molecule has 88 valence electrons. The molecule has 0 aromatic rings. The first-order chi connectivity index (χ1) is 7.11. The molecule has 6 nitrogen and oxygen atoms in total. The van der Waals surface area contributed by atoms with Gasteiger partial charge in [0.2, 0.25) is 5.91 Å². The number of nitrogens with one attached hydrogen (secondary N) is 2. The molecule has 0 fully saturated rings. The fraction of sp³-hybridized carbons (Fsp3) is 0.778. The third-order valence-electron chi connectivity index (χ3n) is 1.81. The lowest BCUT2D eigenvalue weighted by Crippen LogP contribution is -2.44. The minimum Gasteiger partial charge on any atom is -0.480 e. The first kappa shape index (κ1) is 13.9. The highest BCUT2D eigenvalue weighted by atomic mass is 16.5. The quantitative estimate of drug-likeness (QED) is 0.464. The van der Waals surface area contributed by atoms with Crippen LogP contribution in [0.2, 0.25) is 0 Å². The van der Waals surface area contributed by atoms with E-state index in [2.05, 4.69) is 10.6 Å². The Balaban J connectivity index is 3.67. The number of ether oxygens (including phenoxy) is 1. The molecule has 0 heterocycles. The standard InChI is InChI=1S/C9H18N2O4/c1-3-7(9(13)14)11-8(12)6-10-4-5-15-2/h7,10H,3-6H2,1-2H3,(H,11,12)(H,13,14)/t7-/m1/s1. The van der Waals surface area contributed by atoms with Gasteiger partial charge in [0.1, 0.15) is 6.04 Å². The number of carboxylic acids is 1. The van der Waals surface area contributed by atoms with Crippen LogP contribution in [0.4, 0.5) is 0 Å². The molecule has 3 N–H and O–H groups in total. The van der Waals surface area contributed by atoms with Crippen molar-refractivity contribution in [1.82, 2.24) is 10.6 Å². The summed E-state index contributed by atoms with van der Waals surface area (Å²) in [7, 11) is 1.57. The topological polar surface area (TPSA) is 87.7 Å². The van der Waals surface area contributed by atoms with Crippen LogP contribution in [0.25, 0.3) is 0 Å². The summed E-state index contributed by atoms with van der Waals surface area (Å²) in [5.41, 5.74) is 0. The summed E-state index contributed by atoms with van der Waals surface area (Å²) in [4.78, 5) is 21.8. The highest BCUT2D eigenvalue weighted by Gasteiger charge is 2.16. The van der Waals surface area contributed by atoms with E-state index < -0.39 is 12.0 Å². The van der Waals surface area contributed by atoms with Gasteiger partial charge in [-0.3, -0.25) is 4.79 Å². The van der Waals surface area contributed by atoms with Gasteiger partial charge >= 0.3 is 5.97 Å². The third kappa shape index (κ3) is 6.87. The van der Waals surface area contributed by atoms with Crippen LogP contribution in [0.1, 0.15) is 13.3 Å². The van der Waals surface area contributed by atoms with Gasteiger partial charge in [0.05, 0.1) is 13.2 Å². The van der Waals surface area contributed by atoms with Crippen LogP contribution < -0.4 is 10.6 Å². The lowest BCUT2D eigenvalue weighted by atomic mass is 10.2. The fourth-order valence-electron chi connectivity index (χ4n) is 0.960. The maximum Gasteiger partial charge on any atom is 0.326 e. The van der Waals surface area contributed by atoms with E-state index in [9.17, 15) is 9.59 Å². The van der Waals surface area contributed by atoms with Crippen molar-refractivity contribution in [1.29, 1.82) is 0 Å². The second kappa shape index (κ2) is 8.19. The van der Waals surface area contributed by atoms with E-state index in [4.69, 9.17) is 9.84 Å². The van der Waals surface area contributed by atoms with Gasteiger partial charge in [0.15, 0.2) is 0 Å². The molecule has 1 amide bonds. The predicted molar refractivity (Wildman–Crippen MR) is 54.6 cm³/mol. The van der Waals surface area contributed by atoms with Crippen LogP contribution in [0.15, 0.2) is 0 Å². The molecule has 1 atom stereocenters. The summed E-state index contributed by atoms with van der Waals surface area (Å²) in [5, 5.41) is 13.9. The molecule has 0 aliphatic rings. The van der Waals surface area contributed by atoms with Crippen molar-refractivity contribution in [3.63, 3.8) is 0 Å². The highest BCUT2D eigenvalue weighted by molar-refractivity contribution is 5.84. The molecular weight excluding hydrogens is 200 g/mol. The Labute approximate surface area is 89.0 Å². The summed E-state index contributed by atoms with van der Waals surface area (Å²) < 4.78 is 4.78. The van der Waals surface area contributed by atoms with E-state index in [0.29, 0.717) is 19.6 Å². The minimum atomic E-state index is -1.01. The molecule has 0 aliphatic heterocycles. The smallest absolute Gasteiger partial charge is 0.326 e. The van der Waals surface area contributed by atoms with E-state index in [1.807, 2.05) is 0 Å².